The van der Waals surface area contributed by atoms with Gasteiger partial charge in [0, 0.05) is 102 Å². The lowest BCUT2D eigenvalue weighted by Crippen LogP contribution is -2.47. The molecule has 0 fully saturated rings. The first-order chi connectivity index (χ1) is 39.6. The van der Waals surface area contributed by atoms with Gasteiger partial charge in [-0.15, -0.1) is 0 Å². The van der Waals surface area contributed by atoms with Crippen molar-refractivity contribution in [2.24, 2.45) is 0 Å². The molecule has 5 aliphatic heterocycles. The quantitative estimate of drug-likeness (QED) is 0.0161. The van der Waals surface area contributed by atoms with Crippen LogP contribution in [0.3, 0.4) is 0 Å². The van der Waals surface area contributed by atoms with E-state index < -0.39 is 59.4 Å². The molecule has 0 aliphatic carbocycles. The first-order valence-electron chi connectivity index (χ1n) is 27.0. The largest absolute Gasteiger partial charge is 0.493 e. The maximum absolute atomic E-state index is 13.8. The fraction of sp³-hybridized carbons (Fsp3) is 0.379. The number of nitrogens with one attached hydrogen (secondary N) is 4. The second kappa shape index (κ2) is 24.6. The summed E-state index contributed by atoms with van der Waals surface area (Å²) in [6.07, 6.45) is 3.81. The van der Waals surface area contributed by atoms with Gasteiger partial charge in [0.15, 0.2) is 33.6 Å². The summed E-state index contributed by atoms with van der Waals surface area (Å²) in [5.74, 6) is -0.433. The second-order valence-corrected chi connectivity index (χ2v) is 27.8. The van der Waals surface area contributed by atoms with Crippen LogP contribution in [0.5, 0.6) is 23.0 Å². The Hall–Kier alpha value is -7.16. The molecule has 0 radical (unpaired) electrons. The molecule has 5 heterocycles. The highest BCUT2D eigenvalue weighted by Crippen LogP contribution is 2.45. The van der Waals surface area contributed by atoms with Crippen molar-refractivity contribution in [1.29, 1.82) is 0 Å². The zero-order valence-electron chi connectivity index (χ0n) is 46.1. The summed E-state index contributed by atoms with van der Waals surface area (Å²) in [5, 5.41) is 9.08. The predicted molar refractivity (Wildman–Crippen MR) is 320 cm³/mol. The van der Waals surface area contributed by atoms with E-state index in [4.69, 9.17) is 18.9 Å². The number of benzene rings is 5. The van der Waals surface area contributed by atoms with E-state index >= 15 is 0 Å². The van der Waals surface area contributed by atoms with E-state index in [-0.39, 0.29) is 56.8 Å². The number of amides is 4. The predicted octanol–water partition coefficient (Wildman–Crippen LogP) is 7.36. The molecule has 4 amide bonds. The van der Waals surface area contributed by atoms with Gasteiger partial charge in [0.2, 0.25) is 11.8 Å². The van der Waals surface area contributed by atoms with Gasteiger partial charge in [-0.3, -0.25) is 33.2 Å². The maximum atomic E-state index is 13.8. The van der Waals surface area contributed by atoms with Gasteiger partial charge in [0.05, 0.1) is 26.3 Å². The Kier molecular flexibility index (Phi) is 17.5. The average Bonchev–Trinajstić information content (AvgIpc) is 2.79. The fourth-order valence-corrected chi connectivity index (χ4v) is 15.6. The number of anilines is 5. The molecule has 6 N–H and O–H groups in total. The highest BCUT2D eigenvalue weighted by atomic mass is 33.1. The minimum atomic E-state index is -4.79. The normalized spacial score (nSPS) is 18.2. The van der Waals surface area contributed by atoms with Crippen LogP contribution in [0.1, 0.15) is 66.5 Å². The molecule has 0 spiro atoms. The highest BCUT2D eigenvalue weighted by molar-refractivity contribution is 8.77. The molecule has 21 nitrogen and oxygen atoms in total. The molecule has 5 aromatic rings. The van der Waals surface area contributed by atoms with Gasteiger partial charge < -0.3 is 50.0 Å². The van der Waals surface area contributed by atoms with Crippen molar-refractivity contribution in [2.75, 3.05) is 65.4 Å². The van der Waals surface area contributed by atoms with Crippen molar-refractivity contribution in [3.8, 4) is 23.0 Å². The number of nitrogens with zero attached hydrogens (tertiary/aromatic N) is 3. The molecule has 5 aromatic carbocycles. The molecule has 0 aromatic heterocycles. The lowest BCUT2D eigenvalue weighted by molar-refractivity contribution is -0.137. The molecule has 25 heteroatoms. The van der Waals surface area contributed by atoms with Crippen LogP contribution in [0.4, 0.5) is 28.4 Å². The summed E-state index contributed by atoms with van der Waals surface area (Å²) in [6, 6.07) is 28.8. The van der Waals surface area contributed by atoms with Crippen molar-refractivity contribution in [1.82, 2.24) is 10.2 Å². The smallest absolute Gasteiger partial charge is 0.288 e. The standard InChI is InChI=1S/C58H65N7O14S4/c1-58(2,81-80-20-16-52(82(70,71)72)56(69)59-18-19-63-54(67)13-14-55(63)68)17-15-53(66)61-41-22-35(33-78-50-28-43-39(26-48(50)76-3)31-64-42(30-60-43)24-37-9-5-7-11-45(37)64)21-36(23-41)34-79-51-29-44-40(27-49(51)77-4)32-65-46-12-8-6-10-38(46)25-47(65)57(62-44)83(73,74)75/h5-14,21-23,26-29,42,47,52,57,60,62H,15-20,24-25,30-34H2,1-4H3,(H,59,69)(H,61,66)(H,70,71,72)(H,73,74,75)/t42-,47?,52?,57?/m0/s1. The average molecular weight is 1210 g/mol. The minimum Gasteiger partial charge on any atom is -0.493 e. The van der Waals surface area contributed by atoms with Crippen molar-refractivity contribution < 1.29 is 64.1 Å². The Morgan fingerprint density at radius 1 is 0.759 bits per heavy atom. The number of carbonyl (C=O) groups excluding carboxylic acids is 4. The molecule has 0 saturated heterocycles. The summed E-state index contributed by atoms with van der Waals surface area (Å²) >= 11 is 0. The molecule has 440 valence electrons. The summed E-state index contributed by atoms with van der Waals surface area (Å²) < 4.78 is 95.2. The number of ether oxygens (including phenoxy) is 4. The second-order valence-electron chi connectivity index (χ2n) is 21.5. The van der Waals surface area contributed by atoms with Crippen molar-refractivity contribution in [3.63, 3.8) is 0 Å². The SMILES string of the molecule is COc1cc2c(cc1OCc1cc(COc3cc4c(cc3OC)CN3c5ccccc5CC3C(S(=O)(=O)O)N4)cc(NC(=O)CCC(C)(C)SSCCC(C(=O)NCCN3C(=O)C=CC3=O)S(=O)(=O)O)c1)NC[C@@H]1Cc3ccccc3N1C2. The van der Waals surface area contributed by atoms with E-state index in [0.717, 1.165) is 58.1 Å². The van der Waals surface area contributed by atoms with Crippen molar-refractivity contribution in [3.05, 3.63) is 137 Å². The Bertz CT molecular complexity index is 3590. The van der Waals surface area contributed by atoms with E-state index in [0.29, 0.717) is 71.4 Å². The summed E-state index contributed by atoms with van der Waals surface area (Å²) in [7, 11) is -3.58. The maximum Gasteiger partial charge on any atom is 0.288 e. The Labute approximate surface area is 490 Å². The zero-order chi connectivity index (χ0) is 58.8. The number of fused-ring (bicyclic) bond motifs is 8. The van der Waals surface area contributed by atoms with Crippen molar-refractivity contribution >= 4 is 93.9 Å². The topological polar surface area (TPSA) is 272 Å². The Morgan fingerprint density at radius 2 is 1.35 bits per heavy atom. The number of imide groups is 1. The summed E-state index contributed by atoms with van der Waals surface area (Å²) in [6.45, 7) is 5.30. The van der Waals surface area contributed by atoms with Crippen molar-refractivity contribution in [2.45, 2.75) is 99.7 Å². The number of hydrogen-bond donors (Lipinski definition) is 6. The fourth-order valence-electron chi connectivity index (χ4n) is 11.1. The molecular weight excluding hydrogens is 1150 g/mol. The number of methoxy groups -OCH3 is 2. The Morgan fingerprint density at radius 3 is 1.98 bits per heavy atom. The summed E-state index contributed by atoms with van der Waals surface area (Å²) in [4.78, 5) is 55.7. The van der Waals surface area contributed by atoms with Crippen LogP contribution in [0.2, 0.25) is 0 Å². The molecular formula is C58H65N7O14S4. The first-order valence-corrected chi connectivity index (χ1v) is 32.3. The van der Waals surface area contributed by atoms with Crippen LogP contribution in [0, 0.1) is 0 Å². The van der Waals surface area contributed by atoms with Gasteiger partial charge >= 0.3 is 0 Å². The molecule has 83 heavy (non-hydrogen) atoms. The van der Waals surface area contributed by atoms with Gasteiger partial charge in [-0.1, -0.05) is 58.0 Å². The Balaban J connectivity index is 0.828. The van der Waals surface area contributed by atoms with Gasteiger partial charge in [0.25, 0.3) is 32.1 Å². The van der Waals surface area contributed by atoms with Gasteiger partial charge in [-0.2, -0.15) is 16.8 Å². The lowest BCUT2D eigenvalue weighted by Gasteiger charge is -2.29. The monoisotopic (exact) mass is 1210 g/mol. The van der Waals surface area contributed by atoms with Gasteiger partial charge in [0.1, 0.15) is 13.2 Å². The number of para-hydroxylation sites is 2. The summed E-state index contributed by atoms with van der Waals surface area (Å²) in [5.41, 5.74) is 9.39. The lowest BCUT2D eigenvalue weighted by atomic mass is 10.1. The van der Waals surface area contributed by atoms with E-state index in [1.165, 1.54) is 39.9 Å². The molecule has 4 atom stereocenters. The van der Waals surface area contributed by atoms with Crippen LogP contribution in [0.15, 0.2) is 103 Å². The molecule has 5 aliphatic rings. The van der Waals surface area contributed by atoms with Crippen LogP contribution in [0.25, 0.3) is 0 Å². The van der Waals surface area contributed by atoms with Crippen LogP contribution < -0.4 is 50.0 Å². The van der Waals surface area contributed by atoms with E-state index in [1.54, 1.807) is 25.3 Å². The van der Waals surface area contributed by atoms with E-state index in [9.17, 15) is 45.1 Å². The van der Waals surface area contributed by atoms with Crippen LogP contribution >= 0.6 is 21.6 Å². The third-order valence-electron chi connectivity index (χ3n) is 15.3. The molecule has 0 bridgehead atoms. The first kappa shape index (κ1) is 59.0. The zero-order valence-corrected chi connectivity index (χ0v) is 49.4. The van der Waals surface area contributed by atoms with E-state index in [2.05, 4.69) is 50.4 Å². The van der Waals surface area contributed by atoms with Gasteiger partial charge in [-0.25, -0.2) is 0 Å². The molecule has 10 rings (SSSR count). The molecule has 0 saturated carbocycles. The number of rotatable bonds is 23. The van der Waals surface area contributed by atoms with Crippen LogP contribution in [-0.2, 0) is 78.6 Å². The molecule has 3 unspecified atom stereocenters. The third-order valence-corrected chi connectivity index (χ3v) is 20.9. The third kappa shape index (κ3) is 13.6. The number of carbonyl (C=O) groups is 4. The van der Waals surface area contributed by atoms with Crippen LogP contribution in [-0.4, -0.2) is 122 Å². The number of hydrogen-bond acceptors (Lipinski definition) is 18. The minimum absolute atomic E-state index is 0.0259. The van der Waals surface area contributed by atoms with Gasteiger partial charge in [-0.05, 0) is 115 Å². The van der Waals surface area contributed by atoms with E-state index in [1.807, 2.05) is 67.3 Å². The highest BCUT2D eigenvalue weighted by Gasteiger charge is 2.44.